The second-order valence-electron chi connectivity index (χ2n) is 7.63. The van der Waals surface area contributed by atoms with Crippen molar-refractivity contribution in [3.8, 4) is 11.5 Å². The minimum absolute atomic E-state index is 0.104. The fraction of sp³-hybridized carbons (Fsp3) is 0.391. The summed E-state index contributed by atoms with van der Waals surface area (Å²) >= 11 is 0. The molecule has 0 unspecified atom stereocenters. The van der Waals surface area contributed by atoms with Crippen molar-refractivity contribution in [3.05, 3.63) is 46.3 Å². The normalized spacial score (nSPS) is 15.9. The quantitative estimate of drug-likeness (QED) is 0.438. The van der Waals surface area contributed by atoms with Gasteiger partial charge < -0.3 is 34.3 Å². The standard InChI is InChI=1S/C23H26N2O9/c1-11(14-6-7-15-16(8-14)34-10-33-15)25-17(26)9-32-23(29)20-18(21(27)30-4)12(2)24-13(3)19(20)22(28)31-5/h6-8,11,20,24H,9-10H2,1-5H3,(H,25,26)/t11-/m0/s1. The number of fused-ring (bicyclic) bond motifs is 1. The predicted octanol–water partition coefficient (Wildman–Crippen LogP) is 1.25. The van der Waals surface area contributed by atoms with Gasteiger partial charge in [-0.15, -0.1) is 0 Å². The highest BCUT2D eigenvalue weighted by atomic mass is 16.7. The molecule has 2 aliphatic heterocycles. The van der Waals surface area contributed by atoms with Crippen LogP contribution in [-0.2, 0) is 33.4 Å². The maximum atomic E-state index is 13.0. The van der Waals surface area contributed by atoms with Crippen LogP contribution in [0.25, 0.3) is 0 Å². The monoisotopic (exact) mass is 474 g/mol. The first-order valence-corrected chi connectivity index (χ1v) is 10.4. The number of ether oxygens (including phenoxy) is 5. The molecule has 2 aliphatic rings. The number of allylic oxidation sites excluding steroid dienone is 2. The Morgan fingerprint density at radius 3 is 2.21 bits per heavy atom. The lowest BCUT2D eigenvalue weighted by Crippen LogP contribution is -2.39. The summed E-state index contributed by atoms with van der Waals surface area (Å²) in [7, 11) is 2.30. The fourth-order valence-corrected chi connectivity index (χ4v) is 3.76. The molecule has 0 aromatic heterocycles. The molecule has 0 bridgehead atoms. The molecule has 182 valence electrons. The molecule has 1 amide bonds. The number of dihydropyridines is 1. The van der Waals surface area contributed by atoms with Gasteiger partial charge in [-0.3, -0.25) is 9.59 Å². The number of nitrogens with one attached hydrogen (secondary N) is 2. The third-order valence-electron chi connectivity index (χ3n) is 5.43. The van der Waals surface area contributed by atoms with E-state index < -0.39 is 42.4 Å². The van der Waals surface area contributed by atoms with Gasteiger partial charge in [-0.05, 0) is 38.5 Å². The average molecular weight is 474 g/mol. The van der Waals surface area contributed by atoms with Crippen molar-refractivity contribution >= 4 is 23.8 Å². The molecule has 0 radical (unpaired) electrons. The van der Waals surface area contributed by atoms with E-state index in [1.807, 2.05) is 0 Å². The lowest BCUT2D eigenvalue weighted by molar-refractivity contribution is -0.153. The first-order valence-electron chi connectivity index (χ1n) is 10.4. The number of carbonyl (C=O) groups excluding carboxylic acids is 4. The molecule has 1 aromatic rings. The van der Waals surface area contributed by atoms with Crippen LogP contribution in [0.15, 0.2) is 40.7 Å². The topological polar surface area (TPSA) is 138 Å². The third kappa shape index (κ3) is 4.98. The zero-order chi connectivity index (χ0) is 25.0. The van der Waals surface area contributed by atoms with Gasteiger partial charge in [0.1, 0.15) is 5.92 Å². The van der Waals surface area contributed by atoms with E-state index in [2.05, 4.69) is 10.6 Å². The summed E-state index contributed by atoms with van der Waals surface area (Å²) in [6, 6.07) is 4.86. The van der Waals surface area contributed by atoms with Crippen LogP contribution in [0.4, 0.5) is 0 Å². The highest BCUT2D eigenvalue weighted by Crippen LogP contribution is 2.34. The average Bonchev–Trinajstić information content (AvgIpc) is 3.29. The van der Waals surface area contributed by atoms with Crippen molar-refractivity contribution in [2.75, 3.05) is 27.6 Å². The molecule has 0 saturated carbocycles. The van der Waals surface area contributed by atoms with E-state index in [0.29, 0.717) is 22.9 Å². The maximum Gasteiger partial charge on any atom is 0.336 e. The summed E-state index contributed by atoms with van der Waals surface area (Å²) in [6.45, 7) is 4.38. The van der Waals surface area contributed by atoms with Gasteiger partial charge in [0.25, 0.3) is 5.91 Å². The summed E-state index contributed by atoms with van der Waals surface area (Å²) < 4.78 is 25.4. The smallest absolute Gasteiger partial charge is 0.336 e. The Morgan fingerprint density at radius 1 is 1.03 bits per heavy atom. The molecule has 1 aromatic carbocycles. The number of amides is 1. The van der Waals surface area contributed by atoms with Crippen LogP contribution in [-0.4, -0.2) is 51.4 Å². The molecule has 0 saturated heterocycles. The van der Waals surface area contributed by atoms with E-state index in [4.69, 9.17) is 23.7 Å². The van der Waals surface area contributed by atoms with E-state index in [-0.39, 0.29) is 17.9 Å². The van der Waals surface area contributed by atoms with Gasteiger partial charge in [-0.1, -0.05) is 6.07 Å². The minimum atomic E-state index is -1.42. The molecule has 11 heteroatoms. The van der Waals surface area contributed by atoms with Gasteiger partial charge >= 0.3 is 17.9 Å². The molecular weight excluding hydrogens is 448 g/mol. The van der Waals surface area contributed by atoms with Gasteiger partial charge in [0.2, 0.25) is 6.79 Å². The number of hydrogen-bond acceptors (Lipinski definition) is 10. The Bertz CT molecular complexity index is 1050. The van der Waals surface area contributed by atoms with Gasteiger partial charge in [0.15, 0.2) is 18.1 Å². The second kappa shape index (κ2) is 10.3. The van der Waals surface area contributed by atoms with Gasteiger partial charge in [0, 0.05) is 11.4 Å². The molecule has 34 heavy (non-hydrogen) atoms. The van der Waals surface area contributed by atoms with Gasteiger partial charge in [-0.2, -0.15) is 0 Å². The van der Waals surface area contributed by atoms with Crippen LogP contribution in [0, 0.1) is 5.92 Å². The number of hydrogen-bond donors (Lipinski definition) is 2. The van der Waals surface area contributed by atoms with E-state index in [0.717, 1.165) is 19.8 Å². The van der Waals surface area contributed by atoms with Crippen LogP contribution in [0.5, 0.6) is 11.5 Å². The van der Waals surface area contributed by atoms with Gasteiger partial charge in [0.05, 0.1) is 31.4 Å². The van der Waals surface area contributed by atoms with Crippen molar-refractivity contribution in [2.45, 2.75) is 26.8 Å². The summed E-state index contributed by atoms with van der Waals surface area (Å²) in [4.78, 5) is 50.2. The van der Waals surface area contributed by atoms with E-state index >= 15 is 0 Å². The number of methoxy groups -OCH3 is 2. The van der Waals surface area contributed by atoms with Crippen LogP contribution < -0.4 is 20.1 Å². The number of benzene rings is 1. The van der Waals surface area contributed by atoms with Crippen molar-refractivity contribution < 1.29 is 42.9 Å². The maximum absolute atomic E-state index is 13.0. The molecule has 2 heterocycles. The summed E-state index contributed by atoms with van der Waals surface area (Å²) in [5.41, 5.74) is 1.19. The summed E-state index contributed by atoms with van der Waals surface area (Å²) in [5, 5.41) is 5.59. The highest BCUT2D eigenvalue weighted by molar-refractivity contribution is 6.05. The number of rotatable bonds is 7. The van der Waals surface area contributed by atoms with Crippen LogP contribution in [0.1, 0.15) is 32.4 Å². The molecule has 11 nitrogen and oxygen atoms in total. The molecule has 0 fully saturated rings. The van der Waals surface area contributed by atoms with Crippen LogP contribution in [0.2, 0.25) is 0 Å². The SMILES string of the molecule is COC(=O)C1=C(C)NC(C)=C(C(=O)OC)C1C(=O)OCC(=O)N[C@@H](C)c1ccc2c(c1)OCO2. The van der Waals surface area contributed by atoms with Crippen LogP contribution >= 0.6 is 0 Å². The molecule has 2 N–H and O–H groups in total. The summed E-state index contributed by atoms with van der Waals surface area (Å²) in [6.07, 6.45) is 0. The Morgan fingerprint density at radius 2 is 1.62 bits per heavy atom. The highest BCUT2D eigenvalue weighted by Gasteiger charge is 2.42. The number of esters is 3. The van der Waals surface area contributed by atoms with Crippen molar-refractivity contribution in [1.82, 2.24) is 10.6 Å². The Labute approximate surface area is 196 Å². The molecule has 3 rings (SSSR count). The zero-order valence-electron chi connectivity index (χ0n) is 19.5. The van der Waals surface area contributed by atoms with Gasteiger partial charge in [-0.25, -0.2) is 9.59 Å². The fourth-order valence-electron chi connectivity index (χ4n) is 3.76. The molecule has 1 atom stereocenters. The predicted molar refractivity (Wildman–Crippen MR) is 116 cm³/mol. The van der Waals surface area contributed by atoms with Crippen molar-refractivity contribution in [3.63, 3.8) is 0 Å². The van der Waals surface area contributed by atoms with E-state index in [1.54, 1.807) is 39.0 Å². The Hall–Kier alpha value is -4.02. The third-order valence-corrected chi connectivity index (χ3v) is 5.43. The Kier molecular flexibility index (Phi) is 7.44. The second-order valence-corrected chi connectivity index (χ2v) is 7.63. The molecule has 0 aliphatic carbocycles. The van der Waals surface area contributed by atoms with Crippen molar-refractivity contribution in [2.24, 2.45) is 5.92 Å². The van der Waals surface area contributed by atoms with Crippen molar-refractivity contribution in [1.29, 1.82) is 0 Å². The number of carbonyl (C=O) groups is 4. The first-order chi connectivity index (χ1) is 16.2. The molecule has 0 spiro atoms. The molecular formula is C23H26N2O9. The Balaban J connectivity index is 1.71. The minimum Gasteiger partial charge on any atom is -0.466 e. The lowest BCUT2D eigenvalue weighted by atomic mass is 9.85. The summed E-state index contributed by atoms with van der Waals surface area (Å²) in [5.74, 6) is -3.40. The largest absolute Gasteiger partial charge is 0.466 e. The van der Waals surface area contributed by atoms with E-state index in [1.165, 1.54) is 0 Å². The van der Waals surface area contributed by atoms with Crippen LogP contribution in [0.3, 0.4) is 0 Å². The van der Waals surface area contributed by atoms with E-state index in [9.17, 15) is 19.2 Å². The lowest BCUT2D eigenvalue weighted by Gasteiger charge is -2.28. The zero-order valence-corrected chi connectivity index (χ0v) is 19.5. The first kappa shape index (κ1) is 24.6.